The van der Waals surface area contributed by atoms with E-state index in [1.54, 1.807) is 31.4 Å². The van der Waals surface area contributed by atoms with Gasteiger partial charge in [-0.15, -0.1) is 0 Å². The largest absolute Gasteiger partial charge is 0.497 e. The van der Waals surface area contributed by atoms with E-state index in [9.17, 15) is 9.59 Å². The van der Waals surface area contributed by atoms with Crippen molar-refractivity contribution in [3.05, 3.63) is 57.4 Å². The van der Waals surface area contributed by atoms with E-state index < -0.39 is 11.1 Å². The van der Waals surface area contributed by atoms with Gasteiger partial charge in [0, 0.05) is 18.5 Å². The summed E-state index contributed by atoms with van der Waals surface area (Å²) in [5.74, 6) is 0.629. The van der Waals surface area contributed by atoms with Crippen LogP contribution in [0.5, 0.6) is 5.75 Å². The molecule has 0 bridgehead atoms. The second-order valence-corrected chi connectivity index (χ2v) is 3.17. The molecular weight excluding hydrogens is 208 g/mol. The monoisotopic (exact) mass is 218 g/mol. The van der Waals surface area contributed by atoms with Gasteiger partial charge in [-0.3, -0.25) is 14.2 Å². The number of rotatable bonds is 2. The first-order valence-corrected chi connectivity index (χ1v) is 4.67. The Morgan fingerprint density at radius 1 is 1.31 bits per heavy atom. The van der Waals surface area contributed by atoms with Gasteiger partial charge >= 0.3 is 11.1 Å². The van der Waals surface area contributed by atoms with E-state index in [-0.39, 0.29) is 0 Å². The van der Waals surface area contributed by atoms with Crippen molar-refractivity contribution in [2.45, 2.75) is 0 Å². The quantitative estimate of drug-likeness (QED) is 0.748. The summed E-state index contributed by atoms with van der Waals surface area (Å²) < 4.78 is 6.31. The van der Waals surface area contributed by atoms with E-state index in [1.807, 2.05) is 0 Å². The molecule has 0 saturated heterocycles. The molecule has 2 rings (SSSR count). The molecule has 0 aliphatic rings. The molecule has 5 heteroatoms. The van der Waals surface area contributed by atoms with E-state index >= 15 is 0 Å². The van der Waals surface area contributed by atoms with Crippen LogP contribution in [0.15, 0.2) is 46.2 Å². The van der Waals surface area contributed by atoms with Crippen LogP contribution in [0, 0.1) is 0 Å². The molecule has 2 aromatic rings. The molecule has 0 amide bonds. The summed E-state index contributed by atoms with van der Waals surface area (Å²) in [7, 11) is 1.54. The van der Waals surface area contributed by atoms with Crippen molar-refractivity contribution in [1.29, 1.82) is 0 Å². The van der Waals surface area contributed by atoms with Crippen LogP contribution in [-0.4, -0.2) is 16.7 Å². The molecule has 0 saturated carbocycles. The second kappa shape index (κ2) is 4.06. The molecule has 1 aromatic carbocycles. The second-order valence-electron chi connectivity index (χ2n) is 3.17. The van der Waals surface area contributed by atoms with Gasteiger partial charge in [0.15, 0.2) is 0 Å². The van der Waals surface area contributed by atoms with Crippen LogP contribution in [0.1, 0.15) is 0 Å². The first-order valence-electron chi connectivity index (χ1n) is 4.67. The van der Waals surface area contributed by atoms with E-state index in [2.05, 4.69) is 4.98 Å². The van der Waals surface area contributed by atoms with Gasteiger partial charge in [0.1, 0.15) is 5.75 Å². The number of benzene rings is 1. The maximum Gasteiger partial charge on any atom is 0.320 e. The number of aromatic amines is 1. The van der Waals surface area contributed by atoms with Crippen molar-refractivity contribution in [1.82, 2.24) is 9.55 Å². The van der Waals surface area contributed by atoms with E-state index in [0.717, 1.165) is 0 Å². The third-order valence-corrected chi connectivity index (χ3v) is 2.18. The lowest BCUT2D eigenvalue weighted by atomic mass is 10.3. The Morgan fingerprint density at radius 2 is 2.12 bits per heavy atom. The molecular formula is C11H10N2O3. The number of nitrogens with zero attached hydrogens (tertiary/aromatic N) is 1. The fourth-order valence-corrected chi connectivity index (χ4v) is 1.39. The Kier molecular flexibility index (Phi) is 2.59. The minimum absolute atomic E-state index is 0.593. The highest BCUT2D eigenvalue weighted by molar-refractivity contribution is 5.39. The summed E-state index contributed by atoms with van der Waals surface area (Å²) in [6.45, 7) is 0. The third-order valence-electron chi connectivity index (χ3n) is 2.18. The van der Waals surface area contributed by atoms with E-state index in [1.165, 1.54) is 17.0 Å². The molecule has 5 nitrogen and oxygen atoms in total. The van der Waals surface area contributed by atoms with Crippen LogP contribution < -0.4 is 15.9 Å². The number of methoxy groups -OCH3 is 1. The normalized spacial score (nSPS) is 10.1. The first-order chi connectivity index (χ1) is 7.72. The molecule has 16 heavy (non-hydrogen) atoms. The lowest BCUT2D eigenvalue weighted by Gasteiger charge is -2.06. The highest BCUT2D eigenvalue weighted by Crippen LogP contribution is 2.14. The van der Waals surface area contributed by atoms with Crippen LogP contribution >= 0.6 is 0 Å². The van der Waals surface area contributed by atoms with Crippen LogP contribution in [0.2, 0.25) is 0 Å². The van der Waals surface area contributed by atoms with Gasteiger partial charge < -0.3 is 9.72 Å². The number of ether oxygens (including phenoxy) is 1. The van der Waals surface area contributed by atoms with Crippen LogP contribution in [0.25, 0.3) is 5.69 Å². The topological polar surface area (TPSA) is 64.1 Å². The minimum Gasteiger partial charge on any atom is -0.497 e. The van der Waals surface area contributed by atoms with Crippen molar-refractivity contribution >= 4 is 0 Å². The highest BCUT2D eigenvalue weighted by atomic mass is 16.5. The molecule has 0 fully saturated rings. The lowest BCUT2D eigenvalue weighted by Crippen LogP contribution is -2.34. The number of H-pyrrole nitrogens is 1. The molecule has 0 unspecified atom stereocenters. The zero-order valence-corrected chi connectivity index (χ0v) is 8.64. The van der Waals surface area contributed by atoms with Crippen LogP contribution in [0.4, 0.5) is 0 Å². The summed E-state index contributed by atoms with van der Waals surface area (Å²) in [5.41, 5.74) is -0.670. The zero-order valence-electron chi connectivity index (χ0n) is 8.64. The van der Waals surface area contributed by atoms with E-state index in [4.69, 9.17) is 4.74 Å². The Morgan fingerprint density at radius 3 is 2.88 bits per heavy atom. The number of hydrogen-bond acceptors (Lipinski definition) is 3. The third kappa shape index (κ3) is 1.75. The molecule has 0 spiro atoms. The molecule has 0 aliphatic heterocycles. The number of hydrogen-bond donors (Lipinski definition) is 1. The van der Waals surface area contributed by atoms with E-state index in [0.29, 0.717) is 11.4 Å². The van der Waals surface area contributed by atoms with Gasteiger partial charge in [-0.1, -0.05) is 6.07 Å². The van der Waals surface area contributed by atoms with Gasteiger partial charge in [-0.25, -0.2) is 0 Å². The zero-order chi connectivity index (χ0) is 11.5. The van der Waals surface area contributed by atoms with Crippen molar-refractivity contribution in [2.75, 3.05) is 7.11 Å². The highest BCUT2D eigenvalue weighted by Gasteiger charge is 2.02. The standard InChI is InChI=1S/C11H10N2O3/c1-16-9-4-2-3-8(7-9)13-6-5-12-10(14)11(13)15/h2-7H,1H3,(H,12,14). The smallest absolute Gasteiger partial charge is 0.320 e. The van der Waals surface area contributed by atoms with Crippen molar-refractivity contribution in [3.63, 3.8) is 0 Å². The summed E-state index contributed by atoms with van der Waals surface area (Å²) in [5, 5.41) is 0. The summed E-state index contributed by atoms with van der Waals surface area (Å²) in [6, 6.07) is 6.92. The van der Waals surface area contributed by atoms with Gasteiger partial charge in [0.05, 0.1) is 12.8 Å². The fraction of sp³-hybridized carbons (Fsp3) is 0.0909. The number of nitrogens with one attached hydrogen (secondary N) is 1. The number of aromatic nitrogens is 2. The van der Waals surface area contributed by atoms with Crippen molar-refractivity contribution < 1.29 is 4.74 Å². The Balaban J connectivity index is 2.63. The average Bonchev–Trinajstić information content (AvgIpc) is 2.33. The SMILES string of the molecule is COc1cccc(-n2cc[nH]c(=O)c2=O)c1. The maximum atomic E-state index is 11.5. The fourth-order valence-electron chi connectivity index (χ4n) is 1.39. The first kappa shape index (κ1) is 10.2. The predicted molar refractivity (Wildman–Crippen MR) is 59.2 cm³/mol. The Bertz CT molecular complexity index is 613. The van der Waals surface area contributed by atoms with Gasteiger partial charge in [-0.2, -0.15) is 0 Å². The van der Waals surface area contributed by atoms with Gasteiger partial charge in [-0.05, 0) is 12.1 Å². The molecule has 0 aliphatic carbocycles. The Hall–Kier alpha value is -2.30. The Labute approximate surface area is 90.9 Å². The van der Waals surface area contributed by atoms with Crippen molar-refractivity contribution in [2.24, 2.45) is 0 Å². The maximum absolute atomic E-state index is 11.5. The predicted octanol–water partition coefficient (Wildman–Crippen LogP) is 0.534. The summed E-state index contributed by atoms with van der Waals surface area (Å²) in [4.78, 5) is 25.0. The minimum atomic E-state index is -0.648. The summed E-state index contributed by atoms with van der Waals surface area (Å²) >= 11 is 0. The molecule has 0 radical (unpaired) electrons. The molecule has 0 atom stereocenters. The molecule has 82 valence electrons. The van der Waals surface area contributed by atoms with Crippen molar-refractivity contribution in [3.8, 4) is 11.4 Å². The average molecular weight is 218 g/mol. The van der Waals surface area contributed by atoms with Crippen LogP contribution in [-0.2, 0) is 0 Å². The molecule has 1 N–H and O–H groups in total. The van der Waals surface area contributed by atoms with Crippen LogP contribution in [0.3, 0.4) is 0 Å². The summed E-state index contributed by atoms with van der Waals surface area (Å²) in [6.07, 6.45) is 2.92. The van der Waals surface area contributed by atoms with Gasteiger partial charge in [0.2, 0.25) is 0 Å². The van der Waals surface area contributed by atoms with Gasteiger partial charge in [0.25, 0.3) is 0 Å². The molecule has 1 aromatic heterocycles. The lowest BCUT2D eigenvalue weighted by molar-refractivity contribution is 0.414. The molecule has 1 heterocycles.